The lowest BCUT2D eigenvalue weighted by atomic mass is 10.1. The molecule has 0 aliphatic heterocycles. The minimum Gasteiger partial charge on any atom is -0.457 e. The summed E-state index contributed by atoms with van der Waals surface area (Å²) in [4.78, 5) is 27.9. The molecule has 0 aliphatic rings. The number of hydrogen-bond donors (Lipinski definition) is 0. The van der Waals surface area contributed by atoms with Crippen molar-refractivity contribution in [2.24, 2.45) is 0 Å². The van der Waals surface area contributed by atoms with Crippen LogP contribution in [0.2, 0.25) is 5.02 Å². The van der Waals surface area contributed by atoms with E-state index in [0.29, 0.717) is 16.5 Å². The molecule has 3 rings (SSSR count). The number of halogens is 1. The third-order valence-corrected chi connectivity index (χ3v) is 4.26. The van der Waals surface area contributed by atoms with Gasteiger partial charge in [0.1, 0.15) is 0 Å². The van der Waals surface area contributed by atoms with Gasteiger partial charge in [-0.3, -0.25) is 9.59 Å². The van der Waals surface area contributed by atoms with Crippen LogP contribution in [-0.2, 0) is 16.1 Å². The van der Waals surface area contributed by atoms with Crippen molar-refractivity contribution in [1.82, 2.24) is 10.1 Å². The second kappa shape index (κ2) is 8.04. The number of carbonyl (C=O) groups is 2. The fourth-order valence-corrected chi connectivity index (χ4v) is 2.78. The molecule has 0 N–H and O–H groups in total. The van der Waals surface area contributed by atoms with E-state index in [1.165, 1.54) is 11.3 Å². The Labute approximate surface area is 152 Å². The molecule has 0 atom stereocenters. The Morgan fingerprint density at radius 2 is 1.96 bits per heavy atom. The Balaban J connectivity index is 1.45. The molecule has 0 unspecified atom stereocenters. The predicted molar refractivity (Wildman–Crippen MR) is 92.4 cm³/mol. The molecule has 0 fully saturated rings. The van der Waals surface area contributed by atoms with Crippen molar-refractivity contribution in [3.8, 4) is 11.5 Å². The number of Topliss-reactive ketones (excluding diaryl/α,β-unsaturated/α-hetero) is 1. The summed E-state index contributed by atoms with van der Waals surface area (Å²) in [7, 11) is 0. The van der Waals surface area contributed by atoms with Crippen LogP contribution in [0.4, 0.5) is 0 Å². The van der Waals surface area contributed by atoms with Crippen molar-refractivity contribution in [3.05, 3.63) is 57.5 Å². The quantitative estimate of drug-likeness (QED) is 0.455. The summed E-state index contributed by atoms with van der Waals surface area (Å²) in [6.45, 7) is -0.0956. The molecule has 1 aromatic carbocycles. The monoisotopic (exact) mass is 376 g/mol. The summed E-state index contributed by atoms with van der Waals surface area (Å²) in [5.41, 5.74) is 1.33. The highest BCUT2D eigenvalue weighted by atomic mass is 35.5. The Morgan fingerprint density at radius 1 is 1.16 bits per heavy atom. The van der Waals surface area contributed by atoms with E-state index in [1.807, 2.05) is 16.8 Å². The Hall–Kier alpha value is -2.51. The summed E-state index contributed by atoms with van der Waals surface area (Å²) in [6, 6.07) is 8.38. The second-order valence-corrected chi connectivity index (χ2v) is 6.34. The summed E-state index contributed by atoms with van der Waals surface area (Å²) >= 11 is 7.29. The summed E-state index contributed by atoms with van der Waals surface area (Å²) in [5.74, 6) is 0.0147. The van der Waals surface area contributed by atoms with Gasteiger partial charge in [0.25, 0.3) is 5.89 Å². The second-order valence-electron chi connectivity index (χ2n) is 5.12. The molecule has 0 aliphatic carbocycles. The topological polar surface area (TPSA) is 82.3 Å². The van der Waals surface area contributed by atoms with Gasteiger partial charge in [-0.15, -0.1) is 0 Å². The normalized spacial score (nSPS) is 10.6. The molecule has 3 aromatic rings. The molecule has 0 amide bonds. The van der Waals surface area contributed by atoms with Crippen LogP contribution in [-0.4, -0.2) is 21.9 Å². The van der Waals surface area contributed by atoms with E-state index in [2.05, 4.69) is 10.1 Å². The Bertz CT molecular complexity index is 859. The van der Waals surface area contributed by atoms with Gasteiger partial charge in [-0.1, -0.05) is 16.8 Å². The zero-order valence-electron chi connectivity index (χ0n) is 13.0. The van der Waals surface area contributed by atoms with Gasteiger partial charge in [-0.2, -0.15) is 16.3 Å². The molecule has 0 saturated carbocycles. The largest absolute Gasteiger partial charge is 0.457 e. The van der Waals surface area contributed by atoms with Gasteiger partial charge in [0.2, 0.25) is 5.82 Å². The smallest absolute Gasteiger partial charge is 0.306 e. The van der Waals surface area contributed by atoms with Gasteiger partial charge in [-0.25, -0.2) is 0 Å². The number of esters is 1. The van der Waals surface area contributed by atoms with Gasteiger partial charge in [0, 0.05) is 22.4 Å². The molecule has 128 valence electrons. The van der Waals surface area contributed by atoms with E-state index in [1.54, 1.807) is 24.3 Å². The third kappa shape index (κ3) is 4.74. The molecule has 0 saturated heterocycles. The van der Waals surface area contributed by atoms with Crippen LogP contribution in [0.1, 0.15) is 29.0 Å². The SMILES string of the molecule is O=C(CCC(=O)c1ccc(Cl)cc1)OCc1noc(-c2ccsc2)n1. The molecule has 25 heavy (non-hydrogen) atoms. The molecule has 0 spiro atoms. The van der Waals surface area contributed by atoms with Crippen molar-refractivity contribution >= 4 is 34.7 Å². The maximum absolute atomic E-state index is 12.0. The van der Waals surface area contributed by atoms with E-state index in [9.17, 15) is 9.59 Å². The van der Waals surface area contributed by atoms with Gasteiger partial charge in [-0.05, 0) is 35.7 Å². The summed E-state index contributed by atoms with van der Waals surface area (Å²) in [5, 5.41) is 8.09. The number of ketones is 1. The minimum absolute atomic E-state index is 0.0172. The molecular formula is C17H13ClN2O4S. The van der Waals surface area contributed by atoms with Gasteiger partial charge < -0.3 is 9.26 Å². The zero-order valence-corrected chi connectivity index (χ0v) is 14.5. The molecule has 0 bridgehead atoms. The van der Waals surface area contributed by atoms with Crippen LogP contribution in [0.25, 0.3) is 11.5 Å². The van der Waals surface area contributed by atoms with Crippen molar-refractivity contribution in [1.29, 1.82) is 0 Å². The summed E-state index contributed by atoms with van der Waals surface area (Å²) < 4.78 is 10.2. The van der Waals surface area contributed by atoms with E-state index < -0.39 is 5.97 Å². The van der Waals surface area contributed by atoms with E-state index >= 15 is 0 Å². The number of thiophene rings is 1. The number of aromatic nitrogens is 2. The number of nitrogens with zero attached hydrogens (tertiary/aromatic N) is 2. The van der Waals surface area contributed by atoms with Gasteiger partial charge in [0.05, 0.1) is 12.0 Å². The van der Waals surface area contributed by atoms with Gasteiger partial charge >= 0.3 is 5.97 Å². The number of ether oxygens (including phenoxy) is 1. The zero-order chi connectivity index (χ0) is 17.6. The van der Waals surface area contributed by atoms with Crippen LogP contribution >= 0.6 is 22.9 Å². The van der Waals surface area contributed by atoms with Crippen LogP contribution in [0.15, 0.2) is 45.6 Å². The molecule has 8 heteroatoms. The lowest BCUT2D eigenvalue weighted by molar-refractivity contribution is -0.145. The van der Waals surface area contributed by atoms with Crippen LogP contribution in [0.5, 0.6) is 0 Å². The van der Waals surface area contributed by atoms with Crippen LogP contribution in [0.3, 0.4) is 0 Å². The number of carbonyl (C=O) groups excluding carboxylic acids is 2. The molecule has 2 heterocycles. The molecule has 2 aromatic heterocycles. The predicted octanol–water partition coefficient (Wildman–Crippen LogP) is 4.16. The molecule has 6 nitrogen and oxygen atoms in total. The van der Waals surface area contributed by atoms with E-state index in [0.717, 1.165) is 5.56 Å². The number of benzene rings is 1. The highest BCUT2D eigenvalue weighted by Crippen LogP contribution is 2.20. The van der Waals surface area contributed by atoms with Crippen molar-refractivity contribution < 1.29 is 18.8 Å². The van der Waals surface area contributed by atoms with Crippen molar-refractivity contribution in [2.45, 2.75) is 19.4 Å². The average molecular weight is 377 g/mol. The van der Waals surface area contributed by atoms with Crippen LogP contribution < -0.4 is 0 Å². The standard InChI is InChI=1S/C17H13ClN2O4S/c18-13-3-1-11(2-4-13)14(21)5-6-16(22)23-9-15-19-17(24-20-15)12-7-8-25-10-12/h1-4,7-8,10H,5-6,9H2. The first-order chi connectivity index (χ1) is 12.1. The van der Waals surface area contributed by atoms with Crippen molar-refractivity contribution in [3.63, 3.8) is 0 Å². The summed E-state index contributed by atoms with van der Waals surface area (Å²) in [6.07, 6.45) is 0.0452. The van der Waals surface area contributed by atoms with Crippen molar-refractivity contribution in [2.75, 3.05) is 0 Å². The first kappa shape index (κ1) is 17.3. The lowest BCUT2D eigenvalue weighted by Gasteiger charge is -2.02. The number of rotatable bonds is 7. The van der Waals surface area contributed by atoms with E-state index in [4.69, 9.17) is 20.9 Å². The first-order valence-corrected chi connectivity index (χ1v) is 8.73. The highest BCUT2D eigenvalue weighted by molar-refractivity contribution is 7.08. The van der Waals surface area contributed by atoms with Crippen LogP contribution in [0, 0.1) is 0 Å². The number of hydrogen-bond acceptors (Lipinski definition) is 7. The first-order valence-electron chi connectivity index (χ1n) is 7.41. The fraction of sp³-hybridized carbons (Fsp3) is 0.176. The third-order valence-electron chi connectivity index (χ3n) is 3.32. The molecule has 0 radical (unpaired) electrons. The maximum atomic E-state index is 12.0. The minimum atomic E-state index is -0.496. The Kier molecular flexibility index (Phi) is 5.57. The highest BCUT2D eigenvalue weighted by Gasteiger charge is 2.13. The maximum Gasteiger partial charge on any atom is 0.306 e. The Morgan fingerprint density at radius 3 is 2.68 bits per heavy atom. The molecular weight excluding hydrogens is 364 g/mol. The van der Waals surface area contributed by atoms with Gasteiger partial charge in [0.15, 0.2) is 12.4 Å². The lowest BCUT2D eigenvalue weighted by Crippen LogP contribution is -2.08. The van der Waals surface area contributed by atoms with E-state index in [-0.39, 0.29) is 31.1 Å². The fourth-order valence-electron chi connectivity index (χ4n) is 2.03. The average Bonchev–Trinajstić information content (AvgIpc) is 3.29.